The molecule has 0 radical (unpaired) electrons. The van der Waals surface area contributed by atoms with Crippen molar-refractivity contribution in [3.63, 3.8) is 0 Å². The van der Waals surface area contributed by atoms with Gasteiger partial charge in [0.2, 0.25) is 11.8 Å². The Morgan fingerprint density at radius 3 is 2.83 bits per heavy atom. The van der Waals surface area contributed by atoms with E-state index in [4.69, 9.17) is 0 Å². The molecule has 0 aromatic carbocycles. The summed E-state index contributed by atoms with van der Waals surface area (Å²) in [5, 5.41) is 26.3. The van der Waals surface area contributed by atoms with E-state index in [9.17, 15) is 15.2 Å². The van der Waals surface area contributed by atoms with Crippen molar-refractivity contribution >= 4 is 17.5 Å². The number of hydrogen-bond acceptors (Lipinski definition) is 7. The van der Waals surface area contributed by atoms with Crippen LogP contribution in [0.1, 0.15) is 19.3 Å². The molecule has 1 aromatic heterocycles. The zero-order valence-electron chi connectivity index (χ0n) is 10.0. The molecule has 0 atom stereocenters. The molecule has 0 bridgehead atoms. The first-order chi connectivity index (χ1) is 8.54. The van der Waals surface area contributed by atoms with E-state index in [1.165, 1.54) is 0 Å². The van der Waals surface area contributed by atoms with Crippen molar-refractivity contribution in [3.8, 4) is 0 Å². The van der Waals surface area contributed by atoms with E-state index in [0.717, 1.165) is 12.6 Å². The Morgan fingerprint density at radius 2 is 2.33 bits per heavy atom. The van der Waals surface area contributed by atoms with Crippen LogP contribution in [0.4, 0.5) is 17.5 Å². The molecule has 1 fully saturated rings. The van der Waals surface area contributed by atoms with E-state index in [0.29, 0.717) is 18.8 Å². The van der Waals surface area contributed by atoms with Gasteiger partial charge in [-0.25, -0.2) is 4.98 Å². The van der Waals surface area contributed by atoms with Gasteiger partial charge in [0.15, 0.2) is 0 Å². The Hall–Kier alpha value is -1.96. The number of aromatic nitrogens is 2. The summed E-state index contributed by atoms with van der Waals surface area (Å²) >= 11 is 0. The molecule has 1 heterocycles. The summed E-state index contributed by atoms with van der Waals surface area (Å²) in [7, 11) is 1.63. The van der Waals surface area contributed by atoms with Gasteiger partial charge in [-0.1, -0.05) is 0 Å². The number of hydrogen-bond donors (Lipinski definition) is 3. The van der Waals surface area contributed by atoms with Gasteiger partial charge >= 0.3 is 5.69 Å². The monoisotopic (exact) mass is 253 g/mol. The van der Waals surface area contributed by atoms with Gasteiger partial charge in [-0.3, -0.25) is 10.1 Å². The van der Waals surface area contributed by atoms with E-state index in [1.807, 2.05) is 0 Å². The third-order valence-corrected chi connectivity index (χ3v) is 3.06. The number of rotatable bonds is 5. The number of aliphatic hydroxyl groups is 1. The van der Waals surface area contributed by atoms with Crippen molar-refractivity contribution < 1.29 is 10.0 Å². The molecular formula is C10H15N5O3. The van der Waals surface area contributed by atoms with E-state index >= 15 is 0 Å². The van der Waals surface area contributed by atoms with Crippen LogP contribution in [0.3, 0.4) is 0 Å². The Bertz CT molecular complexity index is 461. The van der Waals surface area contributed by atoms with Crippen LogP contribution in [0.25, 0.3) is 0 Å². The fraction of sp³-hybridized carbons (Fsp3) is 0.600. The van der Waals surface area contributed by atoms with Crippen LogP contribution in [0, 0.1) is 10.1 Å². The van der Waals surface area contributed by atoms with Crippen LogP contribution >= 0.6 is 0 Å². The van der Waals surface area contributed by atoms with E-state index in [2.05, 4.69) is 20.6 Å². The Kier molecular flexibility index (Phi) is 3.28. The minimum absolute atomic E-state index is 0.125. The van der Waals surface area contributed by atoms with Gasteiger partial charge in [0.05, 0.1) is 10.5 Å². The van der Waals surface area contributed by atoms with E-state index < -0.39 is 10.5 Å². The number of nitrogens with zero attached hydrogens (tertiary/aromatic N) is 3. The van der Waals surface area contributed by atoms with Gasteiger partial charge in [-0.2, -0.15) is 4.98 Å². The first-order valence-corrected chi connectivity index (χ1v) is 5.69. The molecule has 8 nitrogen and oxygen atoms in total. The fourth-order valence-electron chi connectivity index (χ4n) is 1.77. The van der Waals surface area contributed by atoms with Gasteiger partial charge in [0.1, 0.15) is 6.20 Å². The zero-order chi connectivity index (χ0) is 13.2. The van der Waals surface area contributed by atoms with Gasteiger partial charge in [0, 0.05) is 13.6 Å². The van der Waals surface area contributed by atoms with Crippen LogP contribution in [-0.4, -0.2) is 39.2 Å². The normalized spacial score (nSPS) is 16.8. The minimum atomic E-state index is -0.765. The standard InChI is InChI=1S/C10H15N5O3/c1-11-9-12-5-7(15(17)18)8(14-9)13-6-10(16)3-2-4-10/h5,16H,2-4,6H2,1H3,(H2,11,12,13,14). The topological polar surface area (TPSA) is 113 Å². The Morgan fingerprint density at radius 1 is 1.61 bits per heavy atom. The van der Waals surface area contributed by atoms with Gasteiger partial charge < -0.3 is 15.7 Å². The maximum Gasteiger partial charge on any atom is 0.329 e. The summed E-state index contributed by atoms with van der Waals surface area (Å²) in [6.45, 7) is 0.258. The molecule has 0 aliphatic heterocycles. The third kappa shape index (κ3) is 2.48. The van der Waals surface area contributed by atoms with Crippen molar-refractivity contribution in [2.75, 3.05) is 24.2 Å². The van der Waals surface area contributed by atoms with Gasteiger partial charge in [-0.15, -0.1) is 0 Å². The lowest BCUT2D eigenvalue weighted by molar-refractivity contribution is -0.384. The second-order valence-corrected chi connectivity index (χ2v) is 4.37. The number of anilines is 2. The summed E-state index contributed by atoms with van der Waals surface area (Å²) in [4.78, 5) is 18.1. The molecule has 0 amide bonds. The molecule has 98 valence electrons. The Balaban J connectivity index is 2.15. The summed E-state index contributed by atoms with van der Waals surface area (Å²) in [5.74, 6) is 0.420. The van der Waals surface area contributed by atoms with Gasteiger partial charge in [-0.05, 0) is 19.3 Å². The first kappa shape index (κ1) is 12.5. The summed E-state index contributed by atoms with van der Waals surface area (Å²) in [6.07, 6.45) is 3.54. The summed E-state index contributed by atoms with van der Waals surface area (Å²) in [5.41, 5.74) is -0.963. The molecule has 3 N–H and O–H groups in total. The molecule has 2 rings (SSSR count). The molecule has 0 spiro atoms. The van der Waals surface area contributed by atoms with E-state index in [1.54, 1.807) is 7.05 Å². The number of nitrogens with one attached hydrogen (secondary N) is 2. The maximum absolute atomic E-state index is 10.8. The second kappa shape index (κ2) is 4.73. The highest BCUT2D eigenvalue weighted by atomic mass is 16.6. The van der Waals surface area contributed by atoms with Crippen LogP contribution in [0.5, 0.6) is 0 Å². The molecule has 1 aromatic rings. The molecule has 1 saturated carbocycles. The van der Waals surface area contributed by atoms with Crippen molar-refractivity contribution in [2.45, 2.75) is 24.9 Å². The molecule has 0 saturated heterocycles. The highest BCUT2D eigenvalue weighted by Crippen LogP contribution is 2.32. The Labute approximate surface area is 104 Å². The summed E-state index contributed by atoms with van der Waals surface area (Å²) < 4.78 is 0. The molecule has 1 aliphatic carbocycles. The first-order valence-electron chi connectivity index (χ1n) is 5.69. The largest absolute Gasteiger partial charge is 0.388 e. The van der Waals surface area contributed by atoms with Crippen molar-refractivity contribution in [3.05, 3.63) is 16.3 Å². The lowest BCUT2D eigenvalue weighted by atomic mass is 9.80. The van der Waals surface area contributed by atoms with Gasteiger partial charge in [0.25, 0.3) is 0 Å². The van der Waals surface area contributed by atoms with Crippen LogP contribution in [0.15, 0.2) is 6.20 Å². The SMILES string of the molecule is CNc1ncc([N+](=O)[O-])c(NCC2(O)CCC2)n1. The highest BCUT2D eigenvalue weighted by molar-refractivity contribution is 5.57. The molecule has 18 heavy (non-hydrogen) atoms. The quantitative estimate of drug-likeness (QED) is 0.524. The highest BCUT2D eigenvalue weighted by Gasteiger charge is 2.34. The van der Waals surface area contributed by atoms with Crippen LogP contribution in [0.2, 0.25) is 0 Å². The molecule has 8 heteroatoms. The average molecular weight is 253 g/mol. The lowest BCUT2D eigenvalue weighted by Gasteiger charge is -2.36. The predicted octanol–water partition coefficient (Wildman–Crippen LogP) is 0.753. The van der Waals surface area contributed by atoms with Crippen molar-refractivity contribution in [1.82, 2.24) is 9.97 Å². The number of nitro groups is 1. The lowest BCUT2D eigenvalue weighted by Crippen LogP contribution is -2.43. The smallest absolute Gasteiger partial charge is 0.329 e. The second-order valence-electron chi connectivity index (χ2n) is 4.37. The predicted molar refractivity (Wildman–Crippen MR) is 65.5 cm³/mol. The maximum atomic E-state index is 10.8. The van der Waals surface area contributed by atoms with Crippen molar-refractivity contribution in [1.29, 1.82) is 0 Å². The zero-order valence-corrected chi connectivity index (χ0v) is 10.0. The average Bonchev–Trinajstić information content (AvgIpc) is 2.33. The molecular weight excluding hydrogens is 238 g/mol. The fourth-order valence-corrected chi connectivity index (χ4v) is 1.77. The molecule has 0 unspecified atom stereocenters. The third-order valence-electron chi connectivity index (χ3n) is 3.06. The minimum Gasteiger partial charge on any atom is -0.388 e. The van der Waals surface area contributed by atoms with Crippen molar-refractivity contribution in [2.24, 2.45) is 0 Å². The summed E-state index contributed by atoms with van der Waals surface area (Å²) in [6, 6.07) is 0. The van der Waals surface area contributed by atoms with E-state index in [-0.39, 0.29) is 18.1 Å². The van der Waals surface area contributed by atoms with Crippen LogP contribution < -0.4 is 10.6 Å². The van der Waals surface area contributed by atoms with Crippen LogP contribution in [-0.2, 0) is 0 Å². The molecule has 1 aliphatic rings.